The number of aromatic nitrogens is 1. The van der Waals surface area contributed by atoms with Crippen LogP contribution in [0.4, 0.5) is 0 Å². The Balaban J connectivity index is 1.58. The van der Waals surface area contributed by atoms with Gasteiger partial charge in [0.25, 0.3) is 11.8 Å². The van der Waals surface area contributed by atoms with E-state index in [-0.39, 0.29) is 17.5 Å². The van der Waals surface area contributed by atoms with Crippen LogP contribution in [0, 0.1) is 0 Å². The molecule has 0 saturated carbocycles. The number of hydrogen-bond donors (Lipinski definition) is 3. The average molecular weight is 474 g/mol. The minimum absolute atomic E-state index is 0.142. The largest absolute Gasteiger partial charge is 0.497 e. The predicted octanol–water partition coefficient (Wildman–Crippen LogP) is 4.96. The van der Waals surface area contributed by atoms with E-state index in [4.69, 9.17) is 16.3 Å². The third kappa shape index (κ3) is 5.66. The summed E-state index contributed by atoms with van der Waals surface area (Å²) >= 11 is 6.05. The van der Waals surface area contributed by atoms with Crippen LogP contribution >= 0.6 is 11.6 Å². The third-order valence-electron chi connectivity index (χ3n) is 5.34. The van der Waals surface area contributed by atoms with Crippen molar-refractivity contribution in [3.05, 3.63) is 106 Å². The molecule has 6 nitrogen and oxygen atoms in total. The van der Waals surface area contributed by atoms with Crippen LogP contribution in [0.3, 0.4) is 0 Å². The molecule has 0 aliphatic carbocycles. The van der Waals surface area contributed by atoms with Gasteiger partial charge in [0.05, 0.1) is 7.11 Å². The molecule has 0 aliphatic heterocycles. The molecular weight excluding hydrogens is 450 g/mol. The van der Waals surface area contributed by atoms with Crippen LogP contribution in [-0.2, 0) is 11.2 Å². The average Bonchev–Trinajstić information content (AvgIpc) is 3.26. The number of methoxy groups -OCH3 is 1. The van der Waals surface area contributed by atoms with Crippen LogP contribution in [0.15, 0.2) is 84.7 Å². The number of rotatable bonds is 8. The highest BCUT2D eigenvalue weighted by molar-refractivity contribution is 6.30. The monoisotopic (exact) mass is 473 g/mol. The molecule has 0 saturated heterocycles. The maximum Gasteiger partial charge on any atom is 0.267 e. The van der Waals surface area contributed by atoms with Gasteiger partial charge < -0.3 is 20.4 Å². The lowest BCUT2D eigenvalue weighted by atomic mass is 10.1. The molecule has 0 aliphatic rings. The van der Waals surface area contributed by atoms with Gasteiger partial charge in [-0.1, -0.05) is 41.9 Å². The number of H-pyrrole nitrogens is 1. The van der Waals surface area contributed by atoms with Crippen molar-refractivity contribution in [3.63, 3.8) is 0 Å². The normalized spacial score (nSPS) is 11.3. The zero-order chi connectivity index (χ0) is 23.9. The molecule has 34 heavy (non-hydrogen) atoms. The van der Waals surface area contributed by atoms with Gasteiger partial charge in [0.1, 0.15) is 11.4 Å². The standard InChI is InChI=1S/C27H24ClN3O3/c1-34-22-10-11-24-23(16-22)20(17-30-24)15-25(31-26(32)19-7-3-2-4-8-19)27(33)29-13-12-18-6-5-9-21(28)14-18/h2-11,14-17,30H,12-13H2,1H3,(H,29,33)(H,31,32)/b25-15-. The number of aromatic amines is 1. The molecule has 0 fully saturated rings. The minimum atomic E-state index is -0.386. The van der Waals surface area contributed by atoms with Crippen LogP contribution in [-0.4, -0.2) is 30.5 Å². The Morgan fingerprint density at radius 3 is 2.62 bits per heavy atom. The Morgan fingerprint density at radius 1 is 1.03 bits per heavy atom. The lowest BCUT2D eigenvalue weighted by molar-refractivity contribution is -0.117. The smallest absolute Gasteiger partial charge is 0.267 e. The maximum absolute atomic E-state index is 13.1. The SMILES string of the molecule is COc1ccc2[nH]cc(/C=C(\NC(=O)c3ccccc3)C(=O)NCCc3cccc(Cl)c3)c2c1. The first kappa shape index (κ1) is 23.1. The molecule has 1 heterocycles. The fraction of sp³-hybridized carbons (Fsp3) is 0.111. The van der Waals surface area contributed by atoms with Gasteiger partial charge in [-0.2, -0.15) is 0 Å². The summed E-state index contributed by atoms with van der Waals surface area (Å²) in [4.78, 5) is 29.1. The summed E-state index contributed by atoms with van der Waals surface area (Å²) in [7, 11) is 1.60. The number of carbonyl (C=O) groups is 2. The summed E-state index contributed by atoms with van der Waals surface area (Å²) < 4.78 is 5.33. The van der Waals surface area contributed by atoms with E-state index in [1.165, 1.54) is 0 Å². The molecule has 4 aromatic rings. The number of benzene rings is 3. The van der Waals surface area contributed by atoms with E-state index in [0.717, 1.165) is 22.0 Å². The zero-order valence-corrected chi connectivity index (χ0v) is 19.4. The van der Waals surface area contributed by atoms with Gasteiger partial charge in [-0.3, -0.25) is 9.59 Å². The zero-order valence-electron chi connectivity index (χ0n) is 18.6. The van der Waals surface area contributed by atoms with E-state index in [1.807, 2.05) is 42.5 Å². The quantitative estimate of drug-likeness (QED) is 0.316. The van der Waals surface area contributed by atoms with Gasteiger partial charge in [0.2, 0.25) is 0 Å². The fourth-order valence-electron chi connectivity index (χ4n) is 3.57. The molecule has 3 aromatic carbocycles. The molecule has 172 valence electrons. The van der Waals surface area contributed by atoms with E-state index in [0.29, 0.717) is 29.3 Å². The van der Waals surface area contributed by atoms with Crippen LogP contribution in [0.2, 0.25) is 5.02 Å². The summed E-state index contributed by atoms with van der Waals surface area (Å²) in [5, 5.41) is 7.18. The first-order valence-electron chi connectivity index (χ1n) is 10.8. The van der Waals surface area contributed by atoms with Crippen molar-refractivity contribution in [2.45, 2.75) is 6.42 Å². The molecule has 0 bridgehead atoms. The van der Waals surface area contributed by atoms with Crippen LogP contribution in [0.25, 0.3) is 17.0 Å². The Kier molecular flexibility index (Phi) is 7.30. The number of carbonyl (C=O) groups excluding carboxylic acids is 2. The number of halogens is 1. The van der Waals surface area contributed by atoms with Crippen molar-refractivity contribution in [1.29, 1.82) is 0 Å². The Bertz CT molecular complexity index is 1350. The van der Waals surface area contributed by atoms with Gasteiger partial charge >= 0.3 is 0 Å². The molecule has 0 spiro atoms. The summed E-state index contributed by atoms with van der Waals surface area (Å²) in [6, 6.07) is 21.9. The molecule has 1 aromatic heterocycles. The highest BCUT2D eigenvalue weighted by Gasteiger charge is 2.16. The van der Waals surface area contributed by atoms with Crippen molar-refractivity contribution >= 4 is 40.4 Å². The van der Waals surface area contributed by atoms with Crippen LogP contribution in [0.5, 0.6) is 5.75 Å². The summed E-state index contributed by atoms with van der Waals surface area (Å²) in [5.74, 6) is -0.0552. The van der Waals surface area contributed by atoms with Gasteiger partial charge in [-0.15, -0.1) is 0 Å². The molecule has 0 atom stereocenters. The molecule has 2 amide bonds. The van der Waals surface area contributed by atoms with E-state index in [9.17, 15) is 9.59 Å². The van der Waals surface area contributed by atoms with Crippen molar-refractivity contribution in [3.8, 4) is 5.75 Å². The summed E-state index contributed by atoms with van der Waals surface area (Å²) in [6.45, 7) is 0.388. The molecule has 0 radical (unpaired) electrons. The van der Waals surface area contributed by atoms with Crippen molar-refractivity contribution in [2.75, 3.05) is 13.7 Å². The lowest BCUT2D eigenvalue weighted by Crippen LogP contribution is -2.35. The molecule has 4 rings (SSSR count). The summed E-state index contributed by atoms with van der Waals surface area (Å²) in [6.07, 6.45) is 4.06. The number of amides is 2. The Hall–Kier alpha value is -4.03. The lowest BCUT2D eigenvalue weighted by Gasteiger charge is -2.11. The Labute approximate surface area is 202 Å². The van der Waals surface area contributed by atoms with Gasteiger partial charge in [0.15, 0.2) is 0 Å². The Morgan fingerprint density at radius 2 is 1.85 bits per heavy atom. The molecule has 3 N–H and O–H groups in total. The molecule has 0 unspecified atom stereocenters. The molecular formula is C27H24ClN3O3. The summed E-state index contributed by atoms with van der Waals surface area (Å²) in [5.41, 5.74) is 3.25. The second kappa shape index (κ2) is 10.7. The van der Waals surface area contributed by atoms with Crippen molar-refractivity contribution < 1.29 is 14.3 Å². The number of nitrogens with one attached hydrogen (secondary N) is 3. The highest BCUT2D eigenvalue weighted by Crippen LogP contribution is 2.25. The first-order chi connectivity index (χ1) is 16.5. The highest BCUT2D eigenvalue weighted by atomic mass is 35.5. The minimum Gasteiger partial charge on any atom is -0.497 e. The second-order valence-corrected chi connectivity index (χ2v) is 8.11. The first-order valence-corrected chi connectivity index (χ1v) is 11.2. The van der Waals surface area contributed by atoms with E-state index < -0.39 is 0 Å². The van der Waals surface area contributed by atoms with Crippen molar-refractivity contribution in [2.24, 2.45) is 0 Å². The van der Waals surface area contributed by atoms with Gasteiger partial charge in [-0.25, -0.2) is 0 Å². The molecule has 7 heteroatoms. The van der Waals surface area contributed by atoms with E-state index in [1.54, 1.807) is 49.7 Å². The van der Waals surface area contributed by atoms with Crippen molar-refractivity contribution in [1.82, 2.24) is 15.6 Å². The van der Waals surface area contributed by atoms with Gasteiger partial charge in [-0.05, 0) is 60.5 Å². The predicted molar refractivity (Wildman–Crippen MR) is 135 cm³/mol. The number of hydrogen-bond acceptors (Lipinski definition) is 3. The van der Waals surface area contributed by atoms with Gasteiger partial charge in [0, 0.05) is 39.8 Å². The fourth-order valence-corrected chi connectivity index (χ4v) is 3.79. The topological polar surface area (TPSA) is 83.2 Å². The second-order valence-electron chi connectivity index (χ2n) is 7.67. The van der Waals surface area contributed by atoms with E-state index >= 15 is 0 Å². The van der Waals surface area contributed by atoms with E-state index in [2.05, 4.69) is 15.6 Å². The van der Waals surface area contributed by atoms with Crippen LogP contribution < -0.4 is 15.4 Å². The van der Waals surface area contributed by atoms with Crippen LogP contribution in [0.1, 0.15) is 21.5 Å². The number of fused-ring (bicyclic) bond motifs is 1. The third-order valence-corrected chi connectivity index (χ3v) is 5.57. The number of ether oxygens (including phenoxy) is 1. The maximum atomic E-state index is 13.1.